The maximum absolute atomic E-state index is 5.88. The van der Waals surface area contributed by atoms with Gasteiger partial charge in [0.05, 0.1) is 6.61 Å². The van der Waals surface area contributed by atoms with E-state index in [0.717, 1.165) is 53.5 Å². The number of rotatable bonds is 9. The molecule has 0 aliphatic carbocycles. The molecule has 142 valence electrons. The number of hydrogen-bond acceptors (Lipinski definition) is 3. The molecule has 3 rings (SSSR count). The SMILES string of the molecule is CCCOc1cccc2c(N(C)CCCCc3cccc(Br)c3)ccnc12. The van der Waals surface area contributed by atoms with E-state index in [1.54, 1.807) is 0 Å². The van der Waals surface area contributed by atoms with Gasteiger partial charge in [-0.2, -0.15) is 0 Å². The minimum atomic E-state index is 0.719. The lowest BCUT2D eigenvalue weighted by Crippen LogP contribution is -2.19. The Kier molecular flexibility index (Phi) is 7.11. The largest absolute Gasteiger partial charge is 0.491 e. The molecule has 2 aromatic carbocycles. The fourth-order valence-electron chi connectivity index (χ4n) is 3.29. The van der Waals surface area contributed by atoms with Crippen molar-refractivity contribution in [2.24, 2.45) is 0 Å². The summed E-state index contributed by atoms with van der Waals surface area (Å²) in [4.78, 5) is 6.89. The molecule has 27 heavy (non-hydrogen) atoms. The summed E-state index contributed by atoms with van der Waals surface area (Å²) in [6.45, 7) is 3.86. The summed E-state index contributed by atoms with van der Waals surface area (Å²) in [5.41, 5.74) is 3.55. The first-order valence-electron chi connectivity index (χ1n) is 9.65. The Bertz CT molecular complexity index is 881. The number of benzene rings is 2. The van der Waals surface area contributed by atoms with Gasteiger partial charge in [0.2, 0.25) is 0 Å². The average molecular weight is 427 g/mol. The maximum atomic E-state index is 5.88. The van der Waals surface area contributed by atoms with Crippen LogP contribution in [0.15, 0.2) is 59.2 Å². The van der Waals surface area contributed by atoms with Gasteiger partial charge in [-0.25, -0.2) is 0 Å². The second-order valence-corrected chi connectivity index (χ2v) is 7.76. The van der Waals surface area contributed by atoms with E-state index in [1.807, 2.05) is 12.3 Å². The highest BCUT2D eigenvalue weighted by Gasteiger charge is 2.10. The molecule has 0 fully saturated rings. The van der Waals surface area contributed by atoms with Crippen molar-refractivity contribution in [3.63, 3.8) is 0 Å². The van der Waals surface area contributed by atoms with Crippen LogP contribution in [0.1, 0.15) is 31.7 Å². The fourth-order valence-corrected chi connectivity index (χ4v) is 3.73. The molecule has 0 bridgehead atoms. The van der Waals surface area contributed by atoms with E-state index >= 15 is 0 Å². The number of aromatic nitrogens is 1. The van der Waals surface area contributed by atoms with Gasteiger partial charge in [0, 0.05) is 35.3 Å². The van der Waals surface area contributed by atoms with Gasteiger partial charge < -0.3 is 9.64 Å². The predicted molar refractivity (Wildman–Crippen MR) is 118 cm³/mol. The monoisotopic (exact) mass is 426 g/mol. The molecule has 0 saturated heterocycles. The van der Waals surface area contributed by atoms with E-state index in [2.05, 4.69) is 82.2 Å². The van der Waals surface area contributed by atoms with Gasteiger partial charge in [0.25, 0.3) is 0 Å². The van der Waals surface area contributed by atoms with E-state index < -0.39 is 0 Å². The van der Waals surface area contributed by atoms with Crippen LogP contribution >= 0.6 is 15.9 Å². The Morgan fingerprint density at radius 1 is 1.07 bits per heavy atom. The molecule has 0 aliphatic rings. The third-order valence-electron chi connectivity index (χ3n) is 4.68. The summed E-state index contributed by atoms with van der Waals surface area (Å²) < 4.78 is 7.03. The number of hydrogen-bond donors (Lipinski definition) is 0. The molecule has 0 aliphatic heterocycles. The van der Waals surface area contributed by atoms with Crippen molar-refractivity contribution >= 4 is 32.5 Å². The quantitative estimate of drug-likeness (QED) is 0.378. The molecule has 3 aromatic rings. The zero-order valence-electron chi connectivity index (χ0n) is 16.1. The van der Waals surface area contributed by atoms with Crippen molar-refractivity contribution in [3.8, 4) is 5.75 Å². The summed E-state index contributed by atoms with van der Waals surface area (Å²) in [5.74, 6) is 0.874. The number of para-hydroxylation sites is 1. The molecular weight excluding hydrogens is 400 g/mol. The van der Waals surface area contributed by atoms with Gasteiger partial charge in [0.15, 0.2) is 0 Å². The first-order chi connectivity index (χ1) is 13.2. The highest BCUT2D eigenvalue weighted by molar-refractivity contribution is 9.10. The topological polar surface area (TPSA) is 25.4 Å². The zero-order chi connectivity index (χ0) is 19.1. The van der Waals surface area contributed by atoms with Crippen LogP contribution < -0.4 is 9.64 Å². The van der Waals surface area contributed by atoms with Gasteiger partial charge in [-0.3, -0.25) is 4.98 Å². The van der Waals surface area contributed by atoms with Gasteiger partial charge in [-0.1, -0.05) is 47.1 Å². The molecule has 4 heteroatoms. The third-order valence-corrected chi connectivity index (χ3v) is 5.18. The van der Waals surface area contributed by atoms with Crippen molar-refractivity contribution < 1.29 is 4.74 Å². The second-order valence-electron chi connectivity index (χ2n) is 6.84. The summed E-state index contributed by atoms with van der Waals surface area (Å²) in [7, 11) is 2.16. The van der Waals surface area contributed by atoms with Gasteiger partial charge in [-0.05, 0) is 55.5 Å². The summed E-state index contributed by atoms with van der Waals surface area (Å²) >= 11 is 3.54. The van der Waals surface area contributed by atoms with E-state index in [4.69, 9.17) is 4.74 Å². The Morgan fingerprint density at radius 2 is 1.93 bits per heavy atom. The lowest BCUT2D eigenvalue weighted by atomic mass is 10.1. The summed E-state index contributed by atoms with van der Waals surface area (Å²) in [6.07, 6.45) is 6.31. The molecule has 0 N–H and O–H groups in total. The van der Waals surface area contributed by atoms with E-state index in [0.29, 0.717) is 0 Å². The Labute approximate surface area is 170 Å². The van der Waals surface area contributed by atoms with Crippen molar-refractivity contribution in [1.29, 1.82) is 0 Å². The molecule has 0 radical (unpaired) electrons. The number of aryl methyl sites for hydroxylation is 1. The van der Waals surface area contributed by atoms with Crippen LogP contribution in [0, 0.1) is 0 Å². The van der Waals surface area contributed by atoms with Crippen molar-refractivity contribution in [2.75, 3.05) is 25.1 Å². The normalized spacial score (nSPS) is 10.9. The molecule has 0 saturated carbocycles. The molecule has 0 unspecified atom stereocenters. The van der Waals surface area contributed by atoms with Crippen molar-refractivity contribution in [1.82, 2.24) is 4.98 Å². The highest BCUT2D eigenvalue weighted by atomic mass is 79.9. The number of ether oxygens (including phenoxy) is 1. The van der Waals surface area contributed by atoms with Crippen LogP contribution in [-0.2, 0) is 6.42 Å². The highest BCUT2D eigenvalue weighted by Crippen LogP contribution is 2.30. The minimum Gasteiger partial charge on any atom is -0.491 e. The van der Waals surface area contributed by atoms with E-state index in [-0.39, 0.29) is 0 Å². The van der Waals surface area contributed by atoms with E-state index in [1.165, 1.54) is 17.7 Å². The number of halogens is 1. The summed E-state index contributed by atoms with van der Waals surface area (Å²) in [5, 5.41) is 1.15. The minimum absolute atomic E-state index is 0.719. The molecule has 0 atom stereocenters. The number of nitrogens with zero attached hydrogens (tertiary/aromatic N) is 2. The third kappa shape index (κ3) is 5.23. The molecule has 3 nitrogen and oxygen atoms in total. The van der Waals surface area contributed by atoms with Crippen molar-refractivity contribution in [3.05, 3.63) is 64.8 Å². The molecular formula is C23H27BrN2O. The Morgan fingerprint density at radius 3 is 2.74 bits per heavy atom. The fraction of sp³-hybridized carbons (Fsp3) is 0.348. The standard InChI is InChI=1S/C23H27BrN2O/c1-3-16-27-22-12-7-11-20-21(13-14-25-23(20)22)26(2)15-5-4-8-18-9-6-10-19(24)17-18/h6-7,9-14,17H,3-5,8,15-16H2,1-2H3. The average Bonchev–Trinajstić information content (AvgIpc) is 2.69. The van der Waals surface area contributed by atoms with Crippen LogP contribution in [0.3, 0.4) is 0 Å². The van der Waals surface area contributed by atoms with Gasteiger partial charge in [0.1, 0.15) is 11.3 Å². The molecule has 0 spiro atoms. The van der Waals surface area contributed by atoms with Gasteiger partial charge >= 0.3 is 0 Å². The molecule has 1 heterocycles. The second kappa shape index (κ2) is 9.75. The number of fused-ring (bicyclic) bond motifs is 1. The number of pyridine rings is 1. The summed E-state index contributed by atoms with van der Waals surface area (Å²) in [6, 6.07) is 16.9. The van der Waals surface area contributed by atoms with E-state index in [9.17, 15) is 0 Å². The first-order valence-corrected chi connectivity index (χ1v) is 10.4. The Hall–Kier alpha value is -2.07. The molecule has 1 aromatic heterocycles. The maximum Gasteiger partial charge on any atom is 0.145 e. The van der Waals surface area contributed by atoms with Gasteiger partial charge in [-0.15, -0.1) is 0 Å². The van der Waals surface area contributed by atoms with Crippen LogP contribution in [0.2, 0.25) is 0 Å². The molecule has 0 amide bonds. The number of anilines is 1. The first kappa shape index (κ1) is 19.7. The number of unbranched alkanes of at least 4 members (excludes halogenated alkanes) is 1. The van der Waals surface area contributed by atoms with Crippen LogP contribution in [-0.4, -0.2) is 25.2 Å². The Balaban J connectivity index is 1.64. The van der Waals surface area contributed by atoms with Crippen LogP contribution in [0.25, 0.3) is 10.9 Å². The lowest BCUT2D eigenvalue weighted by Gasteiger charge is -2.21. The predicted octanol–water partition coefficient (Wildman–Crippen LogP) is 6.25. The zero-order valence-corrected chi connectivity index (χ0v) is 17.7. The van der Waals surface area contributed by atoms with Crippen molar-refractivity contribution in [2.45, 2.75) is 32.6 Å². The van der Waals surface area contributed by atoms with Crippen LogP contribution in [0.5, 0.6) is 5.75 Å². The lowest BCUT2D eigenvalue weighted by molar-refractivity contribution is 0.320. The van der Waals surface area contributed by atoms with Crippen LogP contribution in [0.4, 0.5) is 5.69 Å². The smallest absolute Gasteiger partial charge is 0.145 e.